The average molecular weight is 237 g/mol. The van der Waals surface area contributed by atoms with E-state index in [-0.39, 0.29) is 6.04 Å². The van der Waals surface area contributed by atoms with Gasteiger partial charge in [0.05, 0.1) is 6.10 Å². The van der Waals surface area contributed by atoms with Gasteiger partial charge in [-0.3, -0.25) is 0 Å². The second-order valence-electron chi connectivity index (χ2n) is 4.38. The van der Waals surface area contributed by atoms with Gasteiger partial charge in [-0.15, -0.1) is 11.8 Å². The molecule has 0 aliphatic carbocycles. The lowest BCUT2D eigenvalue weighted by Crippen LogP contribution is -2.12. The highest BCUT2D eigenvalue weighted by Gasteiger charge is 2.24. The Morgan fingerprint density at radius 1 is 1.38 bits per heavy atom. The molecule has 0 bridgehead atoms. The van der Waals surface area contributed by atoms with Gasteiger partial charge >= 0.3 is 0 Å². The SMILES string of the molecule is CC(N)c1ccc(SC2CCOC2C)cc1. The van der Waals surface area contributed by atoms with Gasteiger partial charge in [-0.25, -0.2) is 0 Å². The zero-order valence-corrected chi connectivity index (χ0v) is 10.7. The first-order valence-corrected chi connectivity index (χ1v) is 6.68. The molecule has 1 saturated heterocycles. The van der Waals surface area contributed by atoms with Crippen LogP contribution in [0.2, 0.25) is 0 Å². The molecule has 2 N–H and O–H groups in total. The van der Waals surface area contributed by atoms with E-state index >= 15 is 0 Å². The van der Waals surface area contributed by atoms with Crippen molar-refractivity contribution < 1.29 is 4.74 Å². The van der Waals surface area contributed by atoms with E-state index in [4.69, 9.17) is 10.5 Å². The second kappa shape index (κ2) is 5.21. The number of nitrogens with two attached hydrogens (primary N) is 1. The maximum Gasteiger partial charge on any atom is 0.0669 e. The first-order valence-electron chi connectivity index (χ1n) is 5.80. The summed E-state index contributed by atoms with van der Waals surface area (Å²) in [5, 5.41) is 0.598. The molecule has 16 heavy (non-hydrogen) atoms. The average Bonchev–Trinajstić information content (AvgIpc) is 2.65. The summed E-state index contributed by atoms with van der Waals surface area (Å²) in [4.78, 5) is 1.31. The van der Waals surface area contributed by atoms with Crippen LogP contribution in [0.4, 0.5) is 0 Å². The van der Waals surface area contributed by atoms with Crippen molar-refractivity contribution in [1.29, 1.82) is 0 Å². The van der Waals surface area contributed by atoms with E-state index in [1.54, 1.807) is 0 Å². The molecule has 1 heterocycles. The first-order chi connectivity index (χ1) is 7.66. The lowest BCUT2D eigenvalue weighted by Gasteiger charge is -2.14. The Morgan fingerprint density at radius 3 is 2.56 bits per heavy atom. The molecule has 0 radical (unpaired) electrons. The van der Waals surface area contributed by atoms with Crippen LogP contribution < -0.4 is 5.73 Å². The van der Waals surface area contributed by atoms with Crippen LogP contribution in [0.5, 0.6) is 0 Å². The van der Waals surface area contributed by atoms with E-state index in [0.29, 0.717) is 11.4 Å². The molecule has 0 aromatic heterocycles. The fourth-order valence-corrected chi connectivity index (χ4v) is 3.02. The van der Waals surface area contributed by atoms with Crippen molar-refractivity contribution in [2.45, 2.75) is 42.6 Å². The standard InChI is InChI=1S/C13H19NOS/c1-9(14)11-3-5-12(6-4-11)16-13-7-8-15-10(13)2/h3-6,9-10,13H,7-8,14H2,1-2H3. The molecular weight excluding hydrogens is 218 g/mol. The summed E-state index contributed by atoms with van der Waals surface area (Å²) >= 11 is 1.91. The van der Waals surface area contributed by atoms with E-state index in [9.17, 15) is 0 Å². The molecule has 1 aliphatic heterocycles. The van der Waals surface area contributed by atoms with Gasteiger partial charge in [0.15, 0.2) is 0 Å². The molecule has 1 aromatic carbocycles. The molecule has 0 amide bonds. The van der Waals surface area contributed by atoms with Crippen LogP contribution >= 0.6 is 11.8 Å². The van der Waals surface area contributed by atoms with Gasteiger partial charge in [0.25, 0.3) is 0 Å². The van der Waals surface area contributed by atoms with Crippen LogP contribution in [0.3, 0.4) is 0 Å². The van der Waals surface area contributed by atoms with Gasteiger partial charge in [0.1, 0.15) is 0 Å². The van der Waals surface area contributed by atoms with Gasteiger partial charge in [-0.1, -0.05) is 12.1 Å². The van der Waals surface area contributed by atoms with Crippen LogP contribution in [0.1, 0.15) is 31.9 Å². The maximum atomic E-state index is 5.82. The van der Waals surface area contributed by atoms with Crippen molar-refractivity contribution in [3.05, 3.63) is 29.8 Å². The summed E-state index contributed by atoms with van der Waals surface area (Å²) < 4.78 is 5.56. The third-order valence-corrected chi connectivity index (χ3v) is 4.47. The van der Waals surface area contributed by atoms with E-state index in [1.165, 1.54) is 10.5 Å². The minimum atomic E-state index is 0.118. The summed E-state index contributed by atoms with van der Waals surface area (Å²) in [6.45, 7) is 5.06. The van der Waals surface area contributed by atoms with Crippen molar-refractivity contribution in [3.8, 4) is 0 Å². The van der Waals surface area contributed by atoms with Gasteiger partial charge in [-0.2, -0.15) is 0 Å². The number of ether oxygens (including phenoxy) is 1. The Morgan fingerprint density at radius 2 is 2.06 bits per heavy atom. The highest BCUT2D eigenvalue weighted by atomic mass is 32.2. The Balaban J connectivity index is 1.99. The molecule has 3 unspecified atom stereocenters. The summed E-state index contributed by atoms with van der Waals surface area (Å²) in [6.07, 6.45) is 1.53. The molecular formula is C13H19NOS. The van der Waals surface area contributed by atoms with Gasteiger partial charge < -0.3 is 10.5 Å². The topological polar surface area (TPSA) is 35.2 Å². The number of hydrogen-bond acceptors (Lipinski definition) is 3. The normalized spacial score (nSPS) is 26.9. The van der Waals surface area contributed by atoms with Crippen molar-refractivity contribution >= 4 is 11.8 Å². The molecule has 1 aliphatic rings. The molecule has 2 rings (SSSR count). The first kappa shape index (κ1) is 12.0. The minimum Gasteiger partial charge on any atom is -0.377 e. The molecule has 0 saturated carbocycles. The van der Waals surface area contributed by atoms with Crippen molar-refractivity contribution in [1.82, 2.24) is 0 Å². The van der Waals surface area contributed by atoms with Gasteiger partial charge in [0, 0.05) is 22.8 Å². The predicted molar refractivity (Wildman–Crippen MR) is 68.7 cm³/mol. The van der Waals surface area contributed by atoms with Gasteiger partial charge in [-0.05, 0) is 38.0 Å². The quantitative estimate of drug-likeness (QED) is 0.877. The zero-order chi connectivity index (χ0) is 11.5. The molecule has 3 atom stereocenters. The minimum absolute atomic E-state index is 0.118. The predicted octanol–water partition coefficient (Wildman–Crippen LogP) is 2.98. The van der Waals surface area contributed by atoms with Crippen LogP contribution in [0.15, 0.2) is 29.2 Å². The molecule has 2 nitrogen and oxygen atoms in total. The molecule has 1 fully saturated rings. The largest absolute Gasteiger partial charge is 0.377 e. The second-order valence-corrected chi connectivity index (χ2v) is 5.69. The Labute approximate surface area is 102 Å². The Hall–Kier alpha value is -0.510. The fourth-order valence-electron chi connectivity index (χ4n) is 1.89. The van der Waals surface area contributed by atoms with E-state index in [2.05, 4.69) is 31.2 Å². The summed E-state index contributed by atoms with van der Waals surface area (Å²) in [5.41, 5.74) is 7.02. The summed E-state index contributed by atoms with van der Waals surface area (Å²) in [6, 6.07) is 8.68. The Bertz CT molecular complexity index is 336. The van der Waals surface area contributed by atoms with Crippen LogP contribution in [-0.4, -0.2) is 18.0 Å². The number of benzene rings is 1. The highest BCUT2D eigenvalue weighted by molar-refractivity contribution is 8.00. The Kier molecular flexibility index (Phi) is 3.90. The smallest absolute Gasteiger partial charge is 0.0669 e. The number of rotatable bonds is 3. The molecule has 1 aromatic rings. The lowest BCUT2D eigenvalue weighted by molar-refractivity contribution is 0.127. The number of thioether (sulfide) groups is 1. The molecule has 88 valence electrons. The maximum absolute atomic E-state index is 5.82. The number of hydrogen-bond donors (Lipinski definition) is 1. The third-order valence-electron chi connectivity index (χ3n) is 3.00. The third kappa shape index (κ3) is 2.78. The zero-order valence-electron chi connectivity index (χ0n) is 9.85. The van der Waals surface area contributed by atoms with Crippen molar-refractivity contribution in [2.75, 3.05) is 6.61 Å². The van der Waals surface area contributed by atoms with E-state index in [0.717, 1.165) is 13.0 Å². The van der Waals surface area contributed by atoms with E-state index < -0.39 is 0 Å². The summed E-state index contributed by atoms with van der Waals surface area (Å²) in [7, 11) is 0. The van der Waals surface area contributed by atoms with Crippen LogP contribution in [-0.2, 0) is 4.74 Å². The van der Waals surface area contributed by atoms with Crippen LogP contribution in [0.25, 0.3) is 0 Å². The molecule has 3 heteroatoms. The van der Waals surface area contributed by atoms with Gasteiger partial charge in [0.2, 0.25) is 0 Å². The van der Waals surface area contributed by atoms with Crippen molar-refractivity contribution in [3.63, 3.8) is 0 Å². The van der Waals surface area contributed by atoms with Crippen molar-refractivity contribution in [2.24, 2.45) is 5.73 Å². The summed E-state index contributed by atoms with van der Waals surface area (Å²) in [5.74, 6) is 0. The fraction of sp³-hybridized carbons (Fsp3) is 0.538. The molecule has 0 spiro atoms. The monoisotopic (exact) mass is 237 g/mol. The van der Waals surface area contributed by atoms with Crippen LogP contribution in [0, 0.1) is 0 Å². The van der Waals surface area contributed by atoms with E-state index in [1.807, 2.05) is 18.7 Å². The highest BCUT2D eigenvalue weighted by Crippen LogP contribution is 2.32. The lowest BCUT2D eigenvalue weighted by atomic mass is 10.1.